The Kier molecular flexibility index (Phi) is 4.77. The predicted molar refractivity (Wildman–Crippen MR) is 105 cm³/mol. The first-order valence-corrected chi connectivity index (χ1v) is 9.26. The summed E-state index contributed by atoms with van der Waals surface area (Å²) in [6.45, 7) is 5.16. The molecular weight excluding hydrogens is 338 g/mol. The van der Waals surface area contributed by atoms with E-state index in [0.29, 0.717) is 24.4 Å². The molecule has 5 heteroatoms. The number of nitrogens with zero attached hydrogens (tertiary/aromatic N) is 3. The minimum Gasteiger partial charge on any atom is -0.375 e. The van der Waals surface area contributed by atoms with Crippen molar-refractivity contribution in [1.29, 1.82) is 0 Å². The summed E-state index contributed by atoms with van der Waals surface area (Å²) in [6.07, 6.45) is 1.88. The number of para-hydroxylation sites is 1. The maximum absolute atomic E-state index is 13.4. The second-order valence-electron chi connectivity index (χ2n) is 6.99. The van der Waals surface area contributed by atoms with Gasteiger partial charge in [0.25, 0.3) is 5.91 Å². The van der Waals surface area contributed by atoms with E-state index in [4.69, 9.17) is 9.84 Å². The van der Waals surface area contributed by atoms with Crippen molar-refractivity contribution in [1.82, 2.24) is 14.7 Å². The Balaban J connectivity index is 1.78. The summed E-state index contributed by atoms with van der Waals surface area (Å²) in [5, 5.41) is 4.75. The maximum Gasteiger partial charge on any atom is 0.258 e. The zero-order chi connectivity index (χ0) is 18.8. The molecule has 1 amide bonds. The van der Waals surface area contributed by atoms with Gasteiger partial charge in [-0.15, -0.1) is 0 Å². The second-order valence-corrected chi connectivity index (χ2v) is 6.99. The average Bonchev–Trinajstić information content (AvgIpc) is 3.16. The molecule has 1 aliphatic rings. The van der Waals surface area contributed by atoms with Gasteiger partial charge in [-0.1, -0.05) is 48.5 Å². The quantitative estimate of drug-likeness (QED) is 0.713. The van der Waals surface area contributed by atoms with Crippen molar-refractivity contribution < 1.29 is 9.53 Å². The van der Waals surface area contributed by atoms with E-state index in [9.17, 15) is 4.79 Å². The van der Waals surface area contributed by atoms with E-state index in [0.717, 1.165) is 11.3 Å². The highest BCUT2D eigenvalue weighted by molar-refractivity contribution is 6.00. The number of carbonyl (C=O) groups excluding carboxylic acids is 1. The number of ether oxygens (including phenoxy) is 1. The molecule has 138 valence electrons. The molecule has 2 aromatic carbocycles. The minimum absolute atomic E-state index is 0.00122. The molecule has 4 rings (SSSR count). The molecule has 5 nitrogen and oxygen atoms in total. The molecule has 0 spiro atoms. The smallest absolute Gasteiger partial charge is 0.258 e. The molecule has 27 heavy (non-hydrogen) atoms. The van der Waals surface area contributed by atoms with E-state index in [1.807, 2.05) is 85.6 Å². The predicted octanol–water partition coefficient (Wildman–Crippen LogP) is 3.79. The van der Waals surface area contributed by atoms with Crippen molar-refractivity contribution >= 4 is 5.91 Å². The molecule has 2 unspecified atom stereocenters. The second kappa shape index (κ2) is 7.37. The first kappa shape index (κ1) is 17.5. The molecule has 2 heterocycles. The lowest BCUT2D eigenvalue weighted by atomic mass is 10.1. The first-order chi connectivity index (χ1) is 13.1. The monoisotopic (exact) mass is 361 g/mol. The number of carbonyl (C=O) groups is 1. The molecule has 2 atom stereocenters. The van der Waals surface area contributed by atoms with Gasteiger partial charge in [-0.2, -0.15) is 5.10 Å². The van der Waals surface area contributed by atoms with Gasteiger partial charge in [0.2, 0.25) is 0 Å². The topological polar surface area (TPSA) is 47.4 Å². The van der Waals surface area contributed by atoms with E-state index >= 15 is 0 Å². The highest BCUT2D eigenvalue weighted by Gasteiger charge is 2.31. The standard InChI is InChI=1S/C22H23N3O2/c1-16-15-27-17(2)13-24(16)22(26)20-14-25(19-11-7-4-8-12-19)23-21(20)18-9-5-3-6-10-18/h3-12,14,16-17H,13,15H2,1-2H3. The number of hydrogen-bond acceptors (Lipinski definition) is 3. The van der Waals surface area contributed by atoms with E-state index in [1.165, 1.54) is 0 Å². The molecular formula is C22H23N3O2. The lowest BCUT2D eigenvalue weighted by molar-refractivity contribution is -0.0386. The van der Waals surface area contributed by atoms with Gasteiger partial charge in [-0.05, 0) is 26.0 Å². The summed E-state index contributed by atoms with van der Waals surface area (Å²) >= 11 is 0. The number of hydrogen-bond donors (Lipinski definition) is 0. The Morgan fingerprint density at radius 2 is 1.70 bits per heavy atom. The van der Waals surface area contributed by atoms with Crippen LogP contribution in [0.1, 0.15) is 24.2 Å². The van der Waals surface area contributed by atoms with Crippen LogP contribution in [-0.4, -0.2) is 45.9 Å². The largest absolute Gasteiger partial charge is 0.375 e. The highest BCUT2D eigenvalue weighted by atomic mass is 16.5. The third kappa shape index (κ3) is 3.51. The van der Waals surface area contributed by atoms with Crippen LogP contribution in [-0.2, 0) is 4.74 Å². The van der Waals surface area contributed by atoms with Crippen LogP contribution in [0.3, 0.4) is 0 Å². The highest BCUT2D eigenvalue weighted by Crippen LogP contribution is 2.26. The van der Waals surface area contributed by atoms with Crippen molar-refractivity contribution in [2.24, 2.45) is 0 Å². The van der Waals surface area contributed by atoms with Crippen LogP contribution in [0, 0.1) is 0 Å². The Morgan fingerprint density at radius 3 is 2.41 bits per heavy atom. The Labute approximate surface area is 159 Å². The average molecular weight is 361 g/mol. The molecule has 1 fully saturated rings. The minimum atomic E-state index is -0.00122. The fourth-order valence-electron chi connectivity index (χ4n) is 3.39. The SMILES string of the molecule is CC1CN(C(=O)c2cn(-c3ccccc3)nc2-c2ccccc2)C(C)CO1. The molecule has 3 aromatic rings. The van der Waals surface area contributed by atoms with Crippen LogP contribution < -0.4 is 0 Å². The summed E-state index contributed by atoms with van der Waals surface area (Å²) in [5.74, 6) is -0.00122. The molecule has 0 radical (unpaired) electrons. The first-order valence-electron chi connectivity index (χ1n) is 9.26. The van der Waals surface area contributed by atoms with Gasteiger partial charge < -0.3 is 9.64 Å². The lowest BCUT2D eigenvalue weighted by Crippen LogP contribution is -2.50. The third-order valence-electron chi connectivity index (χ3n) is 4.88. The van der Waals surface area contributed by atoms with Crippen molar-refractivity contribution in [2.75, 3.05) is 13.2 Å². The van der Waals surface area contributed by atoms with E-state index in [-0.39, 0.29) is 18.1 Å². The Hall–Kier alpha value is -2.92. The van der Waals surface area contributed by atoms with Crippen molar-refractivity contribution in [3.63, 3.8) is 0 Å². The van der Waals surface area contributed by atoms with Gasteiger partial charge in [0.1, 0.15) is 5.69 Å². The number of benzene rings is 2. The van der Waals surface area contributed by atoms with E-state index < -0.39 is 0 Å². The molecule has 1 saturated heterocycles. The summed E-state index contributed by atoms with van der Waals surface area (Å²) in [6, 6.07) is 19.8. The zero-order valence-electron chi connectivity index (χ0n) is 15.6. The normalized spacial score (nSPS) is 19.9. The van der Waals surface area contributed by atoms with Gasteiger partial charge >= 0.3 is 0 Å². The van der Waals surface area contributed by atoms with Gasteiger partial charge in [0.15, 0.2) is 0 Å². The van der Waals surface area contributed by atoms with Crippen LogP contribution in [0.5, 0.6) is 0 Å². The fraction of sp³-hybridized carbons (Fsp3) is 0.273. The Bertz CT molecular complexity index is 921. The summed E-state index contributed by atoms with van der Waals surface area (Å²) in [5.41, 5.74) is 3.18. The van der Waals surface area contributed by atoms with Crippen LogP contribution in [0.15, 0.2) is 66.9 Å². The number of morpholine rings is 1. The molecule has 1 aliphatic heterocycles. The van der Waals surface area contributed by atoms with Crippen LogP contribution in [0.25, 0.3) is 16.9 Å². The fourth-order valence-corrected chi connectivity index (χ4v) is 3.39. The third-order valence-corrected chi connectivity index (χ3v) is 4.88. The zero-order valence-corrected chi connectivity index (χ0v) is 15.6. The van der Waals surface area contributed by atoms with Crippen molar-refractivity contribution in [2.45, 2.75) is 26.0 Å². The van der Waals surface area contributed by atoms with Gasteiger partial charge in [0.05, 0.1) is 30.0 Å². The summed E-state index contributed by atoms with van der Waals surface area (Å²) in [7, 11) is 0. The van der Waals surface area contributed by atoms with Gasteiger partial charge in [-0.25, -0.2) is 4.68 Å². The van der Waals surface area contributed by atoms with Crippen LogP contribution >= 0.6 is 0 Å². The Morgan fingerprint density at radius 1 is 1.04 bits per heavy atom. The maximum atomic E-state index is 13.4. The summed E-state index contributed by atoms with van der Waals surface area (Å²) < 4.78 is 7.46. The lowest BCUT2D eigenvalue weighted by Gasteiger charge is -2.36. The number of aromatic nitrogens is 2. The van der Waals surface area contributed by atoms with E-state index in [1.54, 1.807) is 4.68 Å². The van der Waals surface area contributed by atoms with Crippen molar-refractivity contribution in [3.8, 4) is 16.9 Å². The molecule has 0 aliphatic carbocycles. The van der Waals surface area contributed by atoms with Gasteiger partial charge in [0, 0.05) is 18.3 Å². The number of amides is 1. The van der Waals surface area contributed by atoms with E-state index in [2.05, 4.69) is 0 Å². The van der Waals surface area contributed by atoms with Crippen LogP contribution in [0.4, 0.5) is 0 Å². The molecule has 1 aromatic heterocycles. The van der Waals surface area contributed by atoms with Crippen molar-refractivity contribution in [3.05, 3.63) is 72.4 Å². The summed E-state index contributed by atoms with van der Waals surface area (Å²) in [4.78, 5) is 15.3. The number of rotatable bonds is 3. The molecule has 0 N–H and O–H groups in total. The molecule has 0 bridgehead atoms. The van der Waals surface area contributed by atoms with Crippen LogP contribution in [0.2, 0.25) is 0 Å². The molecule has 0 saturated carbocycles. The van der Waals surface area contributed by atoms with Gasteiger partial charge in [-0.3, -0.25) is 4.79 Å².